The zero-order valence-corrected chi connectivity index (χ0v) is 11.5. The van der Waals surface area contributed by atoms with Gasteiger partial charge < -0.3 is 30.9 Å². The predicted octanol–water partition coefficient (Wildman–Crippen LogP) is -1.33. The summed E-state index contributed by atoms with van der Waals surface area (Å²) < 4.78 is 9.90. The monoisotopic (exact) mass is 291 g/mol. The van der Waals surface area contributed by atoms with Gasteiger partial charge in [-0.3, -0.25) is 4.79 Å². The van der Waals surface area contributed by atoms with Gasteiger partial charge in [0.05, 0.1) is 12.7 Å². The Hall–Kier alpha value is -1.87. The van der Waals surface area contributed by atoms with E-state index in [-0.39, 0.29) is 25.5 Å². The second-order valence-corrected chi connectivity index (χ2v) is 4.06. The lowest BCUT2D eigenvalue weighted by Gasteiger charge is -2.17. The van der Waals surface area contributed by atoms with Crippen LogP contribution in [0.3, 0.4) is 0 Å². The highest BCUT2D eigenvalue weighted by atomic mass is 16.5. The summed E-state index contributed by atoms with van der Waals surface area (Å²) >= 11 is 0. The van der Waals surface area contributed by atoms with Gasteiger partial charge in [-0.05, 0) is 6.42 Å². The van der Waals surface area contributed by atoms with Gasteiger partial charge in [-0.25, -0.2) is 9.59 Å². The van der Waals surface area contributed by atoms with Crippen LogP contribution in [0.4, 0.5) is 4.79 Å². The van der Waals surface area contributed by atoms with Crippen molar-refractivity contribution in [3.05, 3.63) is 0 Å². The number of ether oxygens (including phenoxy) is 2. The van der Waals surface area contributed by atoms with E-state index in [1.807, 2.05) is 0 Å². The topological polar surface area (TPSA) is 140 Å². The molecule has 0 spiro atoms. The highest BCUT2D eigenvalue weighted by Crippen LogP contribution is 1.97. The Labute approximate surface area is 116 Å². The van der Waals surface area contributed by atoms with Crippen LogP contribution < -0.4 is 16.4 Å². The number of carboxylic acid groups (broad SMARTS) is 1. The summed E-state index contributed by atoms with van der Waals surface area (Å²) in [6.45, 7) is 0.457. The van der Waals surface area contributed by atoms with Crippen LogP contribution in [-0.4, -0.2) is 62.5 Å². The summed E-state index contributed by atoms with van der Waals surface area (Å²) in [6, 6.07) is -1.84. The maximum absolute atomic E-state index is 11.5. The average Bonchev–Trinajstić information content (AvgIpc) is 2.38. The van der Waals surface area contributed by atoms with E-state index < -0.39 is 23.9 Å². The first-order valence-electron chi connectivity index (χ1n) is 5.97. The van der Waals surface area contributed by atoms with Crippen molar-refractivity contribution in [3.8, 4) is 0 Å². The summed E-state index contributed by atoms with van der Waals surface area (Å²) in [5.41, 5.74) is 4.93. The SMILES string of the molecule is COCC(CNC(=O)N[C@H](CCC(N)=O)C(=O)O)OC. The van der Waals surface area contributed by atoms with Gasteiger partial charge in [0.25, 0.3) is 0 Å². The Balaban J connectivity index is 4.18. The summed E-state index contributed by atoms with van der Waals surface area (Å²) in [4.78, 5) is 33.0. The quantitative estimate of drug-likeness (QED) is 0.393. The molecule has 20 heavy (non-hydrogen) atoms. The molecule has 0 bridgehead atoms. The molecule has 0 radical (unpaired) electrons. The van der Waals surface area contributed by atoms with E-state index in [1.165, 1.54) is 14.2 Å². The van der Waals surface area contributed by atoms with Gasteiger partial charge >= 0.3 is 12.0 Å². The molecule has 0 aromatic rings. The molecular formula is C11H21N3O6. The van der Waals surface area contributed by atoms with Crippen LogP contribution in [0.15, 0.2) is 0 Å². The molecule has 0 aromatic carbocycles. The second-order valence-electron chi connectivity index (χ2n) is 4.06. The van der Waals surface area contributed by atoms with Crippen molar-refractivity contribution < 1.29 is 29.0 Å². The molecule has 0 heterocycles. The molecule has 1 unspecified atom stereocenters. The van der Waals surface area contributed by atoms with E-state index in [0.29, 0.717) is 6.61 Å². The molecule has 0 fully saturated rings. The highest BCUT2D eigenvalue weighted by Gasteiger charge is 2.20. The molecule has 2 atom stereocenters. The number of carbonyl (C=O) groups is 3. The first kappa shape index (κ1) is 18.1. The fourth-order valence-corrected chi connectivity index (χ4v) is 1.36. The molecule has 0 saturated carbocycles. The Kier molecular flexibility index (Phi) is 9.05. The van der Waals surface area contributed by atoms with Gasteiger partial charge in [0, 0.05) is 27.2 Å². The zero-order valence-electron chi connectivity index (χ0n) is 11.5. The largest absolute Gasteiger partial charge is 0.480 e. The van der Waals surface area contributed by atoms with Crippen molar-refractivity contribution in [1.29, 1.82) is 0 Å². The van der Waals surface area contributed by atoms with Gasteiger partial charge in [0.15, 0.2) is 0 Å². The number of carboxylic acids is 1. The zero-order chi connectivity index (χ0) is 15.5. The predicted molar refractivity (Wildman–Crippen MR) is 69.1 cm³/mol. The molecule has 9 heteroatoms. The van der Waals surface area contributed by atoms with E-state index in [2.05, 4.69) is 10.6 Å². The Morgan fingerprint density at radius 2 is 1.95 bits per heavy atom. The van der Waals surface area contributed by atoms with Crippen LogP contribution in [0.5, 0.6) is 0 Å². The molecule has 0 rings (SSSR count). The number of carbonyl (C=O) groups excluding carboxylic acids is 2. The van der Waals surface area contributed by atoms with E-state index in [9.17, 15) is 14.4 Å². The van der Waals surface area contributed by atoms with Crippen LogP contribution >= 0.6 is 0 Å². The normalized spacial score (nSPS) is 13.3. The standard InChI is InChI=1S/C11H21N3O6/c1-19-6-7(20-2)5-13-11(18)14-8(10(16)17)3-4-9(12)15/h7-8H,3-6H2,1-2H3,(H2,12,15)(H,16,17)(H2,13,14,18)/t7?,8-/m1/s1. The van der Waals surface area contributed by atoms with Crippen LogP contribution in [0, 0.1) is 0 Å². The number of aliphatic carboxylic acids is 1. The van der Waals surface area contributed by atoms with Crippen LogP contribution in [-0.2, 0) is 19.1 Å². The number of hydrogen-bond donors (Lipinski definition) is 4. The molecule has 5 N–H and O–H groups in total. The first-order chi connectivity index (χ1) is 9.40. The number of hydrogen-bond acceptors (Lipinski definition) is 5. The Bertz CT molecular complexity index is 336. The fraction of sp³-hybridized carbons (Fsp3) is 0.727. The molecule has 0 aromatic heterocycles. The molecule has 116 valence electrons. The lowest BCUT2D eigenvalue weighted by molar-refractivity contribution is -0.139. The van der Waals surface area contributed by atoms with E-state index in [0.717, 1.165) is 0 Å². The fourth-order valence-electron chi connectivity index (χ4n) is 1.36. The van der Waals surface area contributed by atoms with Crippen LogP contribution in [0.25, 0.3) is 0 Å². The van der Waals surface area contributed by atoms with Gasteiger partial charge in [-0.1, -0.05) is 0 Å². The van der Waals surface area contributed by atoms with Gasteiger partial charge in [-0.2, -0.15) is 0 Å². The Morgan fingerprint density at radius 3 is 2.40 bits per heavy atom. The van der Waals surface area contributed by atoms with Gasteiger partial charge in [0.1, 0.15) is 6.04 Å². The van der Waals surface area contributed by atoms with Crippen molar-refractivity contribution >= 4 is 17.9 Å². The van der Waals surface area contributed by atoms with E-state index in [1.54, 1.807) is 0 Å². The minimum Gasteiger partial charge on any atom is -0.480 e. The smallest absolute Gasteiger partial charge is 0.326 e. The summed E-state index contributed by atoms with van der Waals surface area (Å²) in [5.74, 6) is -1.86. The maximum Gasteiger partial charge on any atom is 0.326 e. The molecule has 0 saturated heterocycles. The number of urea groups is 1. The van der Waals surface area contributed by atoms with Crippen molar-refractivity contribution in [2.45, 2.75) is 25.0 Å². The van der Waals surface area contributed by atoms with Crippen molar-refractivity contribution in [3.63, 3.8) is 0 Å². The minimum atomic E-state index is -1.23. The number of nitrogens with two attached hydrogens (primary N) is 1. The molecular weight excluding hydrogens is 270 g/mol. The number of rotatable bonds is 10. The first-order valence-corrected chi connectivity index (χ1v) is 5.97. The summed E-state index contributed by atoms with van der Waals surface area (Å²) in [7, 11) is 2.96. The van der Waals surface area contributed by atoms with E-state index in [4.69, 9.17) is 20.3 Å². The second kappa shape index (κ2) is 9.98. The van der Waals surface area contributed by atoms with Gasteiger partial charge in [0.2, 0.25) is 5.91 Å². The molecule has 9 nitrogen and oxygen atoms in total. The molecule has 3 amide bonds. The average molecular weight is 291 g/mol. The van der Waals surface area contributed by atoms with Gasteiger partial charge in [-0.15, -0.1) is 0 Å². The van der Waals surface area contributed by atoms with Crippen molar-refractivity contribution in [2.24, 2.45) is 5.73 Å². The van der Waals surface area contributed by atoms with Crippen molar-refractivity contribution in [1.82, 2.24) is 10.6 Å². The lowest BCUT2D eigenvalue weighted by atomic mass is 10.1. The number of amides is 3. The summed E-state index contributed by atoms with van der Waals surface area (Å²) in [6.07, 6.45) is -0.523. The van der Waals surface area contributed by atoms with Crippen molar-refractivity contribution in [2.75, 3.05) is 27.4 Å². The lowest BCUT2D eigenvalue weighted by Crippen LogP contribution is -2.48. The van der Waals surface area contributed by atoms with Crippen LogP contribution in [0.1, 0.15) is 12.8 Å². The third-order valence-electron chi connectivity index (χ3n) is 2.46. The van der Waals surface area contributed by atoms with E-state index >= 15 is 0 Å². The number of nitrogens with one attached hydrogen (secondary N) is 2. The molecule has 0 aliphatic heterocycles. The minimum absolute atomic E-state index is 0.0656. The summed E-state index contributed by atoms with van der Waals surface area (Å²) in [5, 5.41) is 13.6. The Morgan fingerprint density at radius 1 is 1.30 bits per heavy atom. The third kappa shape index (κ3) is 8.27. The van der Waals surface area contributed by atoms with Crippen LogP contribution in [0.2, 0.25) is 0 Å². The maximum atomic E-state index is 11.5. The number of methoxy groups -OCH3 is 2. The molecule has 0 aliphatic rings. The third-order valence-corrected chi connectivity index (χ3v) is 2.46. The molecule has 0 aliphatic carbocycles. The number of primary amides is 1. The highest BCUT2D eigenvalue weighted by molar-refractivity contribution is 5.83.